The number of imidazole rings is 1. The number of fused-ring (bicyclic) bond motifs is 1. The van der Waals surface area contributed by atoms with Crippen molar-refractivity contribution in [2.24, 2.45) is 5.92 Å². The fraction of sp³-hybridized carbons (Fsp3) is 0.727. The molecular weight excluding hydrogens is 160 g/mol. The second kappa shape index (κ2) is 3.17. The second-order valence-corrected chi connectivity index (χ2v) is 4.50. The van der Waals surface area contributed by atoms with Gasteiger partial charge in [-0.3, -0.25) is 0 Å². The van der Waals surface area contributed by atoms with Crippen LogP contribution in [-0.2, 0) is 13.0 Å². The highest BCUT2D eigenvalue weighted by atomic mass is 15.1. The van der Waals surface area contributed by atoms with Gasteiger partial charge in [0.1, 0.15) is 5.82 Å². The minimum atomic E-state index is 0.606. The van der Waals surface area contributed by atoms with Crippen LogP contribution >= 0.6 is 0 Å². The van der Waals surface area contributed by atoms with Crippen LogP contribution in [0.2, 0.25) is 0 Å². The van der Waals surface area contributed by atoms with Crippen molar-refractivity contribution < 1.29 is 0 Å². The van der Waals surface area contributed by atoms with E-state index in [4.69, 9.17) is 0 Å². The van der Waals surface area contributed by atoms with E-state index in [9.17, 15) is 0 Å². The normalized spacial score (nSPS) is 22.0. The zero-order chi connectivity index (χ0) is 9.42. The summed E-state index contributed by atoms with van der Waals surface area (Å²) in [6.45, 7) is 7.96. The minimum absolute atomic E-state index is 0.606. The number of aromatic nitrogens is 2. The van der Waals surface area contributed by atoms with Crippen molar-refractivity contribution in [2.45, 2.75) is 46.1 Å². The van der Waals surface area contributed by atoms with Crippen LogP contribution in [0.4, 0.5) is 0 Å². The molecule has 0 saturated heterocycles. The Morgan fingerprint density at radius 3 is 3.00 bits per heavy atom. The quantitative estimate of drug-likeness (QED) is 0.646. The lowest BCUT2D eigenvalue weighted by molar-refractivity contribution is 0.400. The van der Waals surface area contributed by atoms with Crippen LogP contribution in [0.1, 0.15) is 44.6 Å². The first kappa shape index (κ1) is 8.79. The Bertz CT molecular complexity index is 299. The van der Waals surface area contributed by atoms with Gasteiger partial charge in [0.2, 0.25) is 0 Å². The summed E-state index contributed by atoms with van der Waals surface area (Å²) in [6.07, 6.45) is 4.52. The van der Waals surface area contributed by atoms with Crippen molar-refractivity contribution in [3.05, 3.63) is 17.7 Å². The predicted molar refractivity (Wildman–Crippen MR) is 53.8 cm³/mol. The summed E-state index contributed by atoms with van der Waals surface area (Å²) in [7, 11) is 0. The molecule has 0 spiro atoms. The van der Waals surface area contributed by atoms with Crippen LogP contribution in [-0.4, -0.2) is 9.55 Å². The molecule has 0 bridgehead atoms. The van der Waals surface area contributed by atoms with E-state index in [1.165, 1.54) is 24.5 Å². The molecule has 0 aromatic carbocycles. The Morgan fingerprint density at radius 2 is 2.31 bits per heavy atom. The summed E-state index contributed by atoms with van der Waals surface area (Å²) in [5.41, 5.74) is 1.40. The molecular formula is C11H18N2. The molecule has 1 aromatic heterocycles. The number of rotatable bonds is 1. The van der Waals surface area contributed by atoms with E-state index in [0.717, 1.165) is 12.3 Å². The molecule has 0 amide bonds. The van der Waals surface area contributed by atoms with E-state index in [-0.39, 0.29) is 0 Å². The smallest absolute Gasteiger partial charge is 0.109 e. The van der Waals surface area contributed by atoms with Gasteiger partial charge in [0.15, 0.2) is 0 Å². The summed E-state index contributed by atoms with van der Waals surface area (Å²) >= 11 is 0. The summed E-state index contributed by atoms with van der Waals surface area (Å²) < 4.78 is 2.41. The Morgan fingerprint density at radius 1 is 1.54 bits per heavy atom. The molecule has 1 aliphatic rings. The summed E-state index contributed by atoms with van der Waals surface area (Å²) in [5.74, 6) is 2.71. The summed E-state index contributed by atoms with van der Waals surface area (Å²) in [4.78, 5) is 4.49. The van der Waals surface area contributed by atoms with Gasteiger partial charge in [-0.25, -0.2) is 4.98 Å². The van der Waals surface area contributed by atoms with Gasteiger partial charge in [0.05, 0.1) is 0 Å². The Balaban J connectivity index is 2.33. The average Bonchev–Trinajstić information content (AvgIpc) is 2.46. The zero-order valence-corrected chi connectivity index (χ0v) is 8.75. The number of hydrogen-bond donors (Lipinski definition) is 0. The van der Waals surface area contributed by atoms with Crippen molar-refractivity contribution in [1.29, 1.82) is 0 Å². The molecule has 0 saturated carbocycles. The molecule has 1 aromatic rings. The molecule has 0 unspecified atom stereocenters. The average molecular weight is 178 g/mol. The van der Waals surface area contributed by atoms with Crippen LogP contribution in [0.15, 0.2) is 6.20 Å². The molecule has 2 heterocycles. The standard InChI is InChI=1S/C11H18N2/c1-8(2)10-7-12-11-6-9(3)4-5-13(10)11/h7-9H,4-6H2,1-3H3/t9-/m1/s1. The van der Waals surface area contributed by atoms with Crippen molar-refractivity contribution in [3.63, 3.8) is 0 Å². The molecule has 13 heavy (non-hydrogen) atoms. The maximum absolute atomic E-state index is 4.49. The highest BCUT2D eigenvalue weighted by molar-refractivity contribution is 5.11. The zero-order valence-electron chi connectivity index (χ0n) is 8.75. The monoisotopic (exact) mass is 178 g/mol. The van der Waals surface area contributed by atoms with Gasteiger partial charge in [-0.05, 0) is 18.3 Å². The van der Waals surface area contributed by atoms with Crippen LogP contribution < -0.4 is 0 Å². The van der Waals surface area contributed by atoms with E-state index in [1.807, 2.05) is 0 Å². The molecule has 1 atom stereocenters. The van der Waals surface area contributed by atoms with Crippen LogP contribution in [0, 0.1) is 5.92 Å². The third kappa shape index (κ3) is 1.50. The topological polar surface area (TPSA) is 17.8 Å². The van der Waals surface area contributed by atoms with Crippen molar-refractivity contribution in [1.82, 2.24) is 9.55 Å². The lowest BCUT2D eigenvalue weighted by atomic mass is 10.00. The van der Waals surface area contributed by atoms with Crippen LogP contribution in [0.5, 0.6) is 0 Å². The Hall–Kier alpha value is -0.790. The molecule has 2 heteroatoms. The van der Waals surface area contributed by atoms with Crippen molar-refractivity contribution >= 4 is 0 Å². The first-order valence-corrected chi connectivity index (χ1v) is 5.22. The maximum Gasteiger partial charge on any atom is 0.109 e. The number of hydrogen-bond acceptors (Lipinski definition) is 1. The molecule has 0 N–H and O–H groups in total. The highest BCUT2D eigenvalue weighted by Gasteiger charge is 2.19. The van der Waals surface area contributed by atoms with Gasteiger partial charge >= 0.3 is 0 Å². The maximum atomic E-state index is 4.49. The fourth-order valence-electron chi connectivity index (χ4n) is 2.07. The third-order valence-corrected chi connectivity index (χ3v) is 2.94. The van der Waals surface area contributed by atoms with Gasteiger partial charge in [0.25, 0.3) is 0 Å². The first-order chi connectivity index (χ1) is 6.18. The second-order valence-electron chi connectivity index (χ2n) is 4.50. The lowest BCUT2D eigenvalue weighted by Gasteiger charge is -2.22. The van der Waals surface area contributed by atoms with Crippen molar-refractivity contribution in [2.75, 3.05) is 0 Å². The van der Waals surface area contributed by atoms with E-state index in [2.05, 4.69) is 36.5 Å². The van der Waals surface area contributed by atoms with Gasteiger partial charge in [-0.1, -0.05) is 20.8 Å². The molecule has 0 fully saturated rings. The van der Waals surface area contributed by atoms with E-state index in [0.29, 0.717) is 5.92 Å². The van der Waals surface area contributed by atoms with Gasteiger partial charge in [-0.2, -0.15) is 0 Å². The van der Waals surface area contributed by atoms with E-state index < -0.39 is 0 Å². The fourth-order valence-corrected chi connectivity index (χ4v) is 2.07. The number of nitrogens with zero attached hydrogens (tertiary/aromatic N) is 2. The molecule has 0 aliphatic carbocycles. The first-order valence-electron chi connectivity index (χ1n) is 5.22. The van der Waals surface area contributed by atoms with E-state index in [1.54, 1.807) is 0 Å². The lowest BCUT2D eigenvalue weighted by Crippen LogP contribution is -2.19. The summed E-state index contributed by atoms with van der Waals surface area (Å²) in [5, 5.41) is 0. The summed E-state index contributed by atoms with van der Waals surface area (Å²) in [6, 6.07) is 0. The Kier molecular flexibility index (Phi) is 2.14. The van der Waals surface area contributed by atoms with Crippen molar-refractivity contribution in [3.8, 4) is 0 Å². The predicted octanol–water partition coefficient (Wildman–Crippen LogP) is 2.59. The van der Waals surface area contributed by atoms with Crippen LogP contribution in [0.25, 0.3) is 0 Å². The van der Waals surface area contributed by atoms with Gasteiger partial charge in [0, 0.05) is 24.9 Å². The van der Waals surface area contributed by atoms with Crippen LogP contribution in [0.3, 0.4) is 0 Å². The molecule has 72 valence electrons. The Labute approximate surface area is 80.0 Å². The molecule has 2 nitrogen and oxygen atoms in total. The minimum Gasteiger partial charge on any atom is -0.332 e. The largest absolute Gasteiger partial charge is 0.332 e. The molecule has 1 aliphatic heterocycles. The van der Waals surface area contributed by atoms with Gasteiger partial charge < -0.3 is 4.57 Å². The SMILES string of the molecule is CC(C)c1cnc2n1CC[C@@H](C)C2. The van der Waals surface area contributed by atoms with Gasteiger partial charge in [-0.15, -0.1) is 0 Å². The highest BCUT2D eigenvalue weighted by Crippen LogP contribution is 2.24. The molecule has 2 rings (SSSR count). The van der Waals surface area contributed by atoms with E-state index >= 15 is 0 Å². The third-order valence-electron chi connectivity index (χ3n) is 2.94. The molecule has 0 radical (unpaired) electrons.